The highest BCUT2D eigenvalue weighted by Gasteiger charge is 2.42. The van der Waals surface area contributed by atoms with Crippen LogP contribution in [0.4, 0.5) is 10.5 Å². The molecule has 0 saturated carbocycles. The molecule has 9 heteroatoms. The van der Waals surface area contributed by atoms with Crippen molar-refractivity contribution in [2.45, 2.75) is 10.9 Å². The zero-order valence-electron chi connectivity index (χ0n) is 16.5. The fourth-order valence-corrected chi connectivity index (χ4v) is 3.94. The average Bonchev–Trinajstić information content (AvgIpc) is 3.17. The van der Waals surface area contributed by atoms with Crippen LogP contribution in [0.3, 0.4) is 0 Å². The molecule has 0 radical (unpaired) electrons. The minimum atomic E-state index is -0.639. The summed E-state index contributed by atoms with van der Waals surface area (Å²) < 4.78 is 5.19. The molecule has 0 spiro atoms. The van der Waals surface area contributed by atoms with Crippen molar-refractivity contribution in [2.75, 3.05) is 24.7 Å². The molecule has 1 atom stereocenters. The Hall–Kier alpha value is -3.77. The van der Waals surface area contributed by atoms with Gasteiger partial charge in [-0.2, -0.15) is 5.26 Å². The Morgan fingerprint density at radius 1 is 1.29 bits per heavy atom. The van der Waals surface area contributed by atoms with Crippen LogP contribution in [0, 0.1) is 11.3 Å². The Morgan fingerprint density at radius 2 is 2.06 bits per heavy atom. The highest BCUT2D eigenvalue weighted by Crippen LogP contribution is 2.35. The van der Waals surface area contributed by atoms with E-state index < -0.39 is 23.9 Å². The van der Waals surface area contributed by atoms with Crippen LogP contribution in [0.1, 0.15) is 17.2 Å². The molecule has 2 heterocycles. The van der Waals surface area contributed by atoms with E-state index in [2.05, 4.69) is 10.6 Å². The van der Waals surface area contributed by atoms with E-state index in [0.717, 1.165) is 10.5 Å². The van der Waals surface area contributed by atoms with Gasteiger partial charge in [-0.05, 0) is 42.2 Å². The molecule has 2 aromatic carbocycles. The van der Waals surface area contributed by atoms with E-state index >= 15 is 0 Å². The van der Waals surface area contributed by atoms with Gasteiger partial charge in [-0.1, -0.05) is 18.2 Å². The van der Waals surface area contributed by atoms with Crippen LogP contribution in [0.5, 0.6) is 0 Å². The minimum absolute atomic E-state index is 0.0713. The summed E-state index contributed by atoms with van der Waals surface area (Å²) in [6.45, 7) is -0.367. The molecule has 2 aromatic rings. The normalized spacial score (nSPS) is 17.5. The van der Waals surface area contributed by atoms with Gasteiger partial charge in [0.2, 0.25) is 5.91 Å². The zero-order chi connectivity index (χ0) is 22.0. The maximum Gasteiger partial charge on any atom is 0.338 e. The van der Waals surface area contributed by atoms with E-state index in [1.54, 1.807) is 30.0 Å². The van der Waals surface area contributed by atoms with Gasteiger partial charge in [0.25, 0.3) is 0 Å². The summed E-state index contributed by atoms with van der Waals surface area (Å²) in [6.07, 6.45) is 1.96. The number of ether oxygens (including phenoxy) is 1. The number of nitrogens with zero attached hydrogens (tertiary/aromatic N) is 2. The zero-order valence-corrected chi connectivity index (χ0v) is 17.4. The van der Waals surface area contributed by atoms with E-state index in [1.165, 1.54) is 11.0 Å². The standard InChI is InChI=1S/C22H18N4O4S/c1-31-16-7-5-14(6-8-16)20-19-17(12-30-21(19)28)26(22(29)25-20)11-18(27)24-15-4-2-3-13(9-15)10-23/h2-9,20H,11-12H2,1H3,(H,24,27)(H,25,29). The second-order valence-electron chi connectivity index (χ2n) is 6.92. The van der Waals surface area contributed by atoms with E-state index in [-0.39, 0.29) is 13.2 Å². The second-order valence-corrected chi connectivity index (χ2v) is 7.80. The van der Waals surface area contributed by atoms with Crippen LogP contribution in [0.2, 0.25) is 0 Å². The monoisotopic (exact) mass is 434 g/mol. The predicted octanol–water partition coefficient (Wildman–Crippen LogP) is 2.80. The Kier molecular flexibility index (Phi) is 5.64. The lowest BCUT2D eigenvalue weighted by molar-refractivity contribution is -0.136. The fraction of sp³-hybridized carbons (Fsp3) is 0.182. The first-order chi connectivity index (χ1) is 15.0. The molecule has 0 saturated heterocycles. The van der Waals surface area contributed by atoms with Crippen molar-refractivity contribution in [1.82, 2.24) is 10.2 Å². The summed E-state index contributed by atoms with van der Waals surface area (Å²) in [6, 6.07) is 14.9. The number of rotatable bonds is 5. The number of amides is 3. The first-order valence-electron chi connectivity index (χ1n) is 9.42. The first kappa shape index (κ1) is 20.5. The lowest BCUT2D eigenvalue weighted by Gasteiger charge is -2.32. The fourth-order valence-electron chi connectivity index (χ4n) is 3.54. The highest BCUT2D eigenvalue weighted by atomic mass is 32.2. The van der Waals surface area contributed by atoms with Crippen molar-refractivity contribution in [3.63, 3.8) is 0 Å². The summed E-state index contributed by atoms with van der Waals surface area (Å²) in [5.41, 5.74) is 2.32. The van der Waals surface area contributed by atoms with E-state index in [0.29, 0.717) is 22.5 Å². The summed E-state index contributed by atoms with van der Waals surface area (Å²) in [7, 11) is 0. The van der Waals surface area contributed by atoms with Crippen LogP contribution in [-0.2, 0) is 14.3 Å². The Labute approximate surface area is 182 Å². The van der Waals surface area contributed by atoms with Gasteiger partial charge in [0.05, 0.1) is 28.9 Å². The van der Waals surface area contributed by atoms with Crippen molar-refractivity contribution >= 4 is 35.4 Å². The Bertz CT molecular complexity index is 1140. The SMILES string of the molecule is CSc1ccc(C2NC(=O)N(CC(=O)Nc3cccc(C#N)c3)C3=C2C(=O)OC3)cc1. The van der Waals surface area contributed by atoms with Gasteiger partial charge in [0.15, 0.2) is 0 Å². The summed E-state index contributed by atoms with van der Waals surface area (Å²) in [5, 5.41) is 14.5. The quantitative estimate of drug-likeness (QED) is 0.553. The van der Waals surface area contributed by atoms with Crippen molar-refractivity contribution in [2.24, 2.45) is 0 Å². The minimum Gasteiger partial charge on any atom is -0.456 e. The number of thioether (sulfide) groups is 1. The smallest absolute Gasteiger partial charge is 0.338 e. The van der Waals surface area contributed by atoms with E-state index in [4.69, 9.17) is 10.00 Å². The molecule has 31 heavy (non-hydrogen) atoms. The molecular formula is C22H18N4O4S. The van der Waals surface area contributed by atoms with Gasteiger partial charge in [0.1, 0.15) is 13.2 Å². The highest BCUT2D eigenvalue weighted by molar-refractivity contribution is 7.98. The lowest BCUT2D eigenvalue weighted by Crippen LogP contribution is -2.49. The molecule has 2 aliphatic heterocycles. The summed E-state index contributed by atoms with van der Waals surface area (Å²) in [5.74, 6) is -0.972. The molecule has 2 N–H and O–H groups in total. The molecule has 0 aromatic heterocycles. The largest absolute Gasteiger partial charge is 0.456 e. The van der Waals surface area contributed by atoms with Crippen molar-refractivity contribution < 1.29 is 19.1 Å². The number of carbonyl (C=O) groups is 3. The lowest BCUT2D eigenvalue weighted by atomic mass is 9.96. The van der Waals surface area contributed by atoms with Gasteiger partial charge < -0.3 is 15.4 Å². The third-order valence-electron chi connectivity index (χ3n) is 5.02. The van der Waals surface area contributed by atoms with Crippen LogP contribution in [0.25, 0.3) is 0 Å². The second kappa shape index (κ2) is 8.53. The number of hydrogen-bond acceptors (Lipinski definition) is 6. The van der Waals surface area contributed by atoms with Crippen LogP contribution in [0.15, 0.2) is 64.7 Å². The number of benzene rings is 2. The molecule has 0 aliphatic carbocycles. The molecule has 4 rings (SSSR count). The molecule has 156 valence electrons. The number of nitriles is 1. The summed E-state index contributed by atoms with van der Waals surface area (Å²) in [4.78, 5) is 40.1. The van der Waals surface area contributed by atoms with Gasteiger partial charge in [-0.3, -0.25) is 9.69 Å². The number of anilines is 1. The number of cyclic esters (lactones) is 1. The van der Waals surface area contributed by atoms with Gasteiger partial charge >= 0.3 is 12.0 Å². The number of urea groups is 1. The van der Waals surface area contributed by atoms with Crippen molar-refractivity contribution in [3.05, 3.63) is 70.9 Å². The Balaban J connectivity index is 1.57. The van der Waals surface area contributed by atoms with Crippen molar-refractivity contribution in [1.29, 1.82) is 5.26 Å². The predicted molar refractivity (Wildman–Crippen MR) is 114 cm³/mol. The number of nitrogens with one attached hydrogen (secondary N) is 2. The molecule has 0 bridgehead atoms. The van der Waals surface area contributed by atoms with E-state index in [9.17, 15) is 14.4 Å². The topological polar surface area (TPSA) is 112 Å². The average molecular weight is 434 g/mol. The molecule has 2 aliphatic rings. The number of hydrogen-bond donors (Lipinski definition) is 2. The molecular weight excluding hydrogens is 416 g/mol. The molecule has 8 nitrogen and oxygen atoms in total. The van der Waals surface area contributed by atoms with Crippen LogP contribution >= 0.6 is 11.8 Å². The molecule has 1 unspecified atom stereocenters. The first-order valence-corrected chi connectivity index (χ1v) is 10.6. The van der Waals surface area contributed by atoms with E-state index in [1.807, 2.05) is 36.6 Å². The van der Waals surface area contributed by atoms with Crippen molar-refractivity contribution in [3.8, 4) is 6.07 Å². The maximum atomic E-state index is 12.8. The van der Waals surface area contributed by atoms with Crippen LogP contribution < -0.4 is 10.6 Å². The number of carbonyl (C=O) groups excluding carboxylic acids is 3. The van der Waals surface area contributed by atoms with Gasteiger partial charge in [-0.15, -0.1) is 11.8 Å². The third-order valence-corrected chi connectivity index (χ3v) is 5.77. The number of esters is 1. The van der Waals surface area contributed by atoms with Gasteiger partial charge in [-0.25, -0.2) is 9.59 Å². The van der Waals surface area contributed by atoms with Crippen LogP contribution in [-0.4, -0.2) is 42.2 Å². The Morgan fingerprint density at radius 3 is 2.77 bits per heavy atom. The maximum absolute atomic E-state index is 12.8. The van der Waals surface area contributed by atoms with Gasteiger partial charge in [0, 0.05) is 10.6 Å². The third kappa shape index (κ3) is 4.11. The molecule has 0 fully saturated rings. The molecule has 3 amide bonds. The summed E-state index contributed by atoms with van der Waals surface area (Å²) >= 11 is 1.59.